The van der Waals surface area contributed by atoms with Crippen LogP contribution in [0.1, 0.15) is 56.3 Å². The molecule has 1 saturated carbocycles. The molecule has 0 unspecified atom stereocenters. The highest BCUT2D eigenvalue weighted by molar-refractivity contribution is 6.07. The summed E-state index contributed by atoms with van der Waals surface area (Å²) in [7, 11) is 0. The van der Waals surface area contributed by atoms with Crippen molar-refractivity contribution in [2.75, 3.05) is 0 Å². The molecule has 7 rings (SSSR count). The van der Waals surface area contributed by atoms with Gasteiger partial charge in [-0.25, -0.2) is 4.39 Å². The standard InChI is InChI=1S/C35H27FN4O4/c1-20-7-10-24(32(42)39-35(15-16-35)34-38-33(44-40-34)22-5-3-2-4-6-22)19-26(20)23-11-14-28-27(18-23)30(31(37)41)29(43-28)17-21-8-12-25(36)13-9-21/h2-14,18-19H,15-17H2,1H3,(H2,37,41)(H,39,42). The monoisotopic (exact) mass is 586 g/mol. The summed E-state index contributed by atoms with van der Waals surface area (Å²) in [5.41, 5.74) is 10.6. The van der Waals surface area contributed by atoms with Crippen LogP contribution in [0.2, 0.25) is 0 Å². The van der Waals surface area contributed by atoms with Crippen LogP contribution in [-0.4, -0.2) is 22.0 Å². The normalized spacial score (nSPS) is 13.6. The predicted octanol–water partition coefficient (Wildman–Crippen LogP) is 6.71. The van der Waals surface area contributed by atoms with Crippen LogP contribution in [0.3, 0.4) is 0 Å². The van der Waals surface area contributed by atoms with Crippen molar-refractivity contribution < 1.29 is 22.9 Å². The van der Waals surface area contributed by atoms with E-state index in [1.54, 1.807) is 24.3 Å². The second-order valence-corrected chi connectivity index (χ2v) is 11.1. The lowest BCUT2D eigenvalue weighted by atomic mass is 9.95. The number of nitrogens with two attached hydrogens (primary N) is 1. The zero-order valence-corrected chi connectivity index (χ0v) is 23.8. The Morgan fingerprint density at radius 3 is 2.45 bits per heavy atom. The van der Waals surface area contributed by atoms with Gasteiger partial charge in [0, 0.05) is 22.9 Å². The fraction of sp³-hybridized carbons (Fsp3) is 0.143. The first kappa shape index (κ1) is 27.3. The van der Waals surface area contributed by atoms with Gasteiger partial charge in [-0.15, -0.1) is 0 Å². The van der Waals surface area contributed by atoms with Crippen LogP contribution in [0, 0.1) is 12.7 Å². The topological polar surface area (TPSA) is 124 Å². The van der Waals surface area contributed by atoms with E-state index < -0.39 is 11.4 Å². The molecular weight excluding hydrogens is 559 g/mol. The minimum absolute atomic E-state index is 0.251. The van der Waals surface area contributed by atoms with Crippen LogP contribution in [0.15, 0.2) is 99.9 Å². The lowest BCUT2D eigenvalue weighted by Crippen LogP contribution is -2.35. The molecule has 1 aliphatic carbocycles. The highest BCUT2D eigenvalue weighted by Crippen LogP contribution is 2.45. The van der Waals surface area contributed by atoms with Crippen molar-refractivity contribution in [2.45, 2.75) is 31.7 Å². The maximum absolute atomic E-state index is 13.5. The van der Waals surface area contributed by atoms with Gasteiger partial charge >= 0.3 is 0 Å². The number of hydrogen-bond acceptors (Lipinski definition) is 6. The largest absolute Gasteiger partial charge is 0.460 e. The summed E-state index contributed by atoms with van der Waals surface area (Å²) >= 11 is 0. The number of nitrogens with zero attached hydrogens (tertiary/aromatic N) is 2. The van der Waals surface area contributed by atoms with E-state index in [4.69, 9.17) is 14.7 Å². The number of hydrogen-bond donors (Lipinski definition) is 2. The molecular formula is C35H27FN4O4. The first-order valence-corrected chi connectivity index (χ1v) is 14.2. The maximum atomic E-state index is 13.5. The van der Waals surface area contributed by atoms with Crippen molar-refractivity contribution in [3.63, 3.8) is 0 Å². The van der Waals surface area contributed by atoms with Crippen molar-refractivity contribution in [3.8, 4) is 22.6 Å². The molecule has 44 heavy (non-hydrogen) atoms. The van der Waals surface area contributed by atoms with Crippen molar-refractivity contribution in [3.05, 3.63) is 131 Å². The number of furan rings is 1. The van der Waals surface area contributed by atoms with Crippen LogP contribution < -0.4 is 11.1 Å². The number of amides is 2. The summed E-state index contributed by atoms with van der Waals surface area (Å²) in [5, 5.41) is 7.87. The number of primary amides is 1. The highest BCUT2D eigenvalue weighted by Gasteiger charge is 2.50. The van der Waals surface area contributed by atoms with E-state index in [-0.39, 0.29) is 23.7 Å². The third kappa shape index (κ3) is 5.02. The summed E-state index contributed by atoms with van der Waals surface area (Å²) in [6.07, 6.45) is 1.70. The number of nitrogens with one attached hydrogen (secondary N) is 1. The number of aromatic nitrogens is 2. The second kappa shape index (κ2) is 10.6. The van der Waals surface area contributed by atoms with Gasteiger partial charge in [-0.2, -0.15) is 4.98 Å². The number of halogens is 1. The summed E-state index contributed by atoms with van der Waals surface area (Å²) in [6.45, 7) is 1.96. The highest BCUT2D eigenvalue weighted by atomic mass is 19.1. The Bertz CT molecular complexity index is 2040. The molecule has 4 aromatic carbocycles. The van der Waals surface area contributed by atoms with Crippen LogP contribution >= 0.6 is 0 Å². The minimum atomic E-state index is -0.675. The van der Waals surface area contributed by atoms with Crippen LogP contribution in [-0.2, 0) is 12.0 Å². The van der Waals surface area contributed by atoms with Crippen LogP contribution in [0.25, 0.3) is 33.6 Å². The van der Waals surface area contributed by atoms with Gasteiger partial charge in [0.05, 0.1) is 5.56 Å². The average molecular weight is 587 g/mol. The zero-order valence-electron chi connectivity index (χ0n) is 23.8. The van der Waals surface area contributed by atoms with E-state index in [1.165, 1.54) is 12.1 Å². The molecule has 218 valence electrons. The van der Waals surface area contributed by atoms with Crippen LogP contribution in [0.5, 0.6) is 0 Å². The fourth-order valence-corrected chi connectivity index (χ4v) is 5.51. The molecule has 0 radical (unpaired) electrons. The van der Waals surface area contributed by atoms with Gasteiger partial charge in [0.25, 0.3) is 17.7 Å². The first-order chi connectivity index (χ1) is 21.3. The first-order valence-electron chi connectivity index (χ1n) is 14.2. The molecule has 0 atom stereocenters. The molecule has 0 saturated heterocycles. The molecule has 1 aliphatic rings. The summed E-state index contributed by atoms with van der Waals surface area (Å²) in [4.78, 5) is 30.6. The molecule has 6 aromatic rings. The lowest BCUT2D eigenvalue weighted by molar-refractivity contribution is 0.0927. The number of carbonyl (C=O) groups is 2. The van der Waals surface area contributed by atoms with Crippen LogP contribution in [0.4, 0.5) is 4.39 Å². The molecule has 0 aliphatic heterocycles. The molecule has 8 nitrogen and oxygen atoms in total. The van der Waals surface area contributed by atoms with Gasteiger partial charge in [0.2, 0.25) is 0 Å². The predicted molar refractivity (Wildman–Crippen MR) is 162 cm³/mol. The Kier molecular flexibility index (Phi) is 6.58. The van der Waals surface area contributed by atoms with Gasteiger partial charge in [-0.1, -0.05) is 47.6 Å². The van der Waals surface area contributed by atoms with Gasteiger partial charge in [0.1, 0.15) is 22.7 Å². The number of rotatable bonds is 8. The van der Waals surface area contributed by atoms with Crippen molar-refractivity contribution in [1.82, 2.24) is 15.5 Å². The number of aryl methyl sites for hydroxylation is 1. The van der Waals surface area contributed by atoms with E-state index >= 15 is 0 Å². The van der Waals surface area contributed by atoms with E-state index in [0.29, 0.717) is 46.8 Å². The lowest BCUT2D eigenvalue weighted by Gasteiger charge is -2.15. The van der Waals surface area contributed by atoms with E-state index in [9.17, 15) is 14.0 Å². The van der Waals surface area contributed by atoms with Crippen molar-refractivity contribution >= 4 is 22.8 Å². The van der Waals surface area contributed by atoms with Gasteiger partial charge in [0.15, 0.2) is 5.82 Å². The smallest absolute Gasteiger partial charge is 0.258 e. The van der Waals surface area contributed by atoms with Gasteiger partial charge in [-0.3, -0.25) is 9.59 Å². The third-order valence-electron chi connectivity index (χ3n) is 8.07. The fourth-order valence-electron chi connectivity index (χ4n) is 5.51. The average Bonchev–Trinajstić information content (AvgIpc) is 3.46. The second-order valence-electron chi connectivity index (χ2n) is 11.1. The Hall–Kier alpha value is -5.57. The Balaban J connectivity index is 1.17. The summed E-state index contributed by atoms with van der Waals surface area (Å²) < 4.78 is 24.9. The number of carbonyl (C=O) groups excluding carboxylic acids is 2. The van der Waals surface area contributed by atoms with Gasteiger partial charge in [-0.05, 0) is 90.6 Å². The van der Waals surface area contributed by atoms with Gasteiger partial charge < -0.3 is 20.0 Å². The quantitative estimate of drug-likeness (QED) is 0.204. The zero-order chi connectivity index (χ0) is 30.4. The SMILES string of the molecule is Cc1ccc(C(=O)NC2(c3noc(-c4ccccc4)n3)CC2)cc1-c1ccc2oc(Cc3ccc(F)cc3)c(C(N)=O)c2c1. The molecule has 3 N–H and O–H groups in total. The third-order valence-corrected chi connectivity index (χ3v) is 8.07. The van der Waals surface area contributed by atoms with E-state index in [1.807, 2.05) is 61.5 Å². The Morgan fingerprint density at radius 2 is 1.73 bits per heavy atom. The molecule has 0 bridgehead atoms. The summed E-state index contributed by atoms with van der Waals surface area (Å²) in [5.74, 6) is 0.0620. The maximum Gasteiger partial charge on any atom is 0.258 e. The number of benzene rings is 4. The molecule has 2 aromatic heterocycles. The molecule has 9 heteroatoms. The number of fused-ring (bicyclic) bond motifs is 1. The van der Waals surface area contributed by atoms with Crippen molar-refractivity contribution in [1.29, 1.82) is 0 Å². The molecule has 0 spiro atoms. The van der Waals surface area contributed by atoms with E-state index in [0.717, 1.165) is 27.8 Å². The van der Waals surface area contributed by atoms with E-state index in [2.05, 4.69) is 15.5 Å². The summed E-state index contributed by atoms with van der Waals surface area (Å²) in [6, 6.07) is 26.5. The Morgan fingerprint density at radius 1 is 0.955 bits per heavy atom. The molecule has 2 amide bonds. The molecule has 2 heterocycles. The Labute approximate surface area is 251 Å². The minimum Gasteiger partial charge on any atom is -0.460 e. The molecule has 1 fully saturated rings. The van der Waals surface area contributed by atoms with Crippen molar-refractivity contribution in [2.24, 2.45) is 5.73 Å².